The Hall–Kier alpha value is -0.430. The van der Waals surface area contributed by atoms with Gasteiger partial charge in [0.25, 0.3) is 0 Å². The molecule has 55 heavy (non-hydrogen) atoms. The minimum Gasteiger partial charge on any atom is -0.494 e. The van der Waals surface area contributed by atoms with E-state index >= 15 is 0 Å². The standard InChI is InChI=1S/C48H67I3N2O2/c1-31(49)4-3-5-45(50)44-25-24-43-41-23-10-34-30-47(29-28-46(34,2)42(41)26-27-48(43,44)51,32-6-15-37(16-7-32)54-39-19-11-35(52)12-20-39)33-8-17-38(18-9-33)55-40-21-13-36(53)14-22-40/h6,8,11-13,15,19-21,31-32,34,37-38,41-45H,3-5,7,9-10,14,16-18,22-30,52-53H2,1-2H3. The van der Waals surface area contributed by atoms with Crippen molar-refractivity contribution < 1.29 is 9.47 Å². The summed E-state index contributed by atoms with van der Waals surface area (Å²) >= 11 is 8.57. The van der Waals surface area contributed by atoms with Gasteiger partial charge in [0.2, 0.25) is 0 Å². The van der Waals surface area contributed by atoms with E-state index in [2.05, 4.69) is 106 Å². The Kier molecular flexibility index (Phi) is 13.0. The molecule has 7 aliphatic rings. The maximum atomic E-state index is 6.60. The van der Waals surface area contributed by atoms with Gasteiger partial charge in [0.1, 0.15) is 18.0 Å². The van der Waals surface area contributed by atoms with Crippen LogP contribution in [-0.4, -0.2) is 23.5 Å². The molecule has 0 bridgehead atoms. The SMILES string of the molecule is CC(I)CCCC(I)C1CCC2C3CCC4CC(C5=CCC(OC6=CC=C(N)CC6)CC5)(C5C=CC(Oc6ccc(N)cc6)CC5)CCC4(C)C3CCC12I. The van der Waals surface area contributed by atoms with Crippen LogP contribution in [0.2, 0.25) is 0 Å². The van der Waals surface area contributed by atoms with Crippen LogP contribution in [0.25, 0.3) is 0 Å². The lowest BCUT2D eigenvalue weighted by Crippen LogP contribution is -2.57. The van der Waals surface area contributed by atoms with Crippen LogP contribution in [0.4, 0.5) is 5.69 Å². The molecule has 7 aliphatic carbocycles. The van der Waals surface area contributed by atoms with E-state index in [0.717, 1.165) is 92.4 Å². The molecular formula is C48H67I3N2O2. The van der Waals surface area contributed by atoms with Crippen molar-refractivity contribution in [2.45, 2.75) is 159 Å². The van der Waals surface area contributed by atoms with Gasteiger partial charge < -0.3 is 20.9 Å². The monoisotopic (exact) mass is 1080 g/mol. The number of halogens is 3. The molecule has 7 heteroatoms. The van der Waals surface area contributed by atoms with Crippen molar-refractivity contribution in [3.05, 3.63) is 71.7 Å². The van der Waals surface area contributed by atoms with Crippen LogP contribution in [0.5, 0.6) is 5.75 Å². The first-order valence-electron chi connectivity index (χ1n) is 22.2. The summed E-state index contributed by atoms with van der Waals surface area (Å²) in [5.74, 6) is 7.15. The lowest BCUT2D eigenvalue weighted by atomic mass is 9.42. The normalized spacial score (nSPS) is 41.1. The average Bonchev–Trinajstić information content (AvgIpc) is 3.54. The molecule has 1 aromatic carbocycles. The van der Waals surface area contributed by atoms with Gasteiger partial charge >= 0.3 is 0 Å². The van der Waals surface area contributed by atoms with Crippen molar-refractivity contribution in [2.24, 2.45) is 52.1 Å². The summed E-state index contributed by atoms with van der Waals surface area (Å²) in [7, 11) is 0. The van der Waals surface area contributed by atoms with E-state index in [1.807, 2.05) is 30.3 Å². The summed E-state index contributed by atoms with van der Waals surface area (Å²) in [6, 6.07) is 7.93. The molecule has 0 saturated heterocycles. The first-order valence-corrected chi connectivity index (χ1v) is 25.7. The van der Waals surface area contributed by atoms with Gasteiger partial charge in [0.15, 0.2) is 0 Å². The molecule has 13 unspecified atom stereocenters. The Morgan fingerprint density at radius 3 is 2.36 bits per heavy atom. The number of nitrogens with two attached hydrogens (primary N) is 2. The number of hydrogen-bond donors (Lipinski definition) is 2. The molecule has 0 aromatic heterocycles. The summed E-state index contributed by atoms with van der Waals surface area (Å²) in [4.78, 5) is 0. The fraction of sp³-hybridized carbons (Fsp3) is 0.708. The molecule has 4 saturated carbocycles. The predicted octanol–water partition coefficient (Wildman–Crippen LogP) is 13.6. The Morgan fingerprint density at radius 1 is 0.818 bits per heavy atom. The van der Waals surface area contributed by atoms with Crippen molar-refractivity contribution in [3.8, 4) is 5.75 Å². The van der Waals surface area contributed by atoms with Gasteiger partial charge in [0.05, 0.1) is 5.76 Å². The molecule has 8 rings (SSSR count). The Bertz CT molecular complexity index is 1640. The third kappa shape index (κ3) is 8.49. The minimum absolute atomic E-state index is 0.134. The lowest BCUT2D eigenvalue weighted by molar-refractivity contribution is -0.110. The number of alkyl halides is 3. The number of allylic oxidation sites excluding steroid dienone is 6. The van der Waals surface area contributed by atoms with Crippen molar-refractivity contribution in [1.82, 2.24) is 0 Å². The second-order valence-corrected chi connectivity index (χ2v) is 25.0. The third-order valence-electron chi connectivity index (χ3n) is 16.4. The molecule has 0 amide bonds. The molecule has 0 aliphatic heterocycles. The van der Waals surface area contributed by atoms with Crippen molar-refractivity contribution >= 4 is 73.5 Å². The summed E-state index contributed by atoms with van der Waals surface area (Å²) in [5.41, 5.74) is 16.3. The first kappa shape index (κ1) is 41.3. The van der Waals surface area contributed by atoms with Gasteiger partial charge in [-0.2, -0.15) is 0 Å². The maximum absolute atomic E-state index is 6.60. The average molecular weight is 1080 g/mol. The highest BCUT2D eigenvalue weighted by Crippen LogP contribution is 2.71. The number of anilines is 1. The maximum Gasteiger partial charge on any atom is 0.120 e. The van der Waals surface area contributed by atoms with Gasteiger partial charge in [-0.3, -0.25) is 0 Å². The Labute approximate surface area is 374 Å². The van der Waals surface area contributed by atoms with Gasteiger partial charge in [0, 0.05) is 35.5 Å². The molecule has 0 heterocycles. The summed E-state index contributed by atoms with van der Waals surface area (Å²) in [5, 5.41) is 0. The van der Waals surface area contributed by atoms with Crippen molar-refractivity contribution in [3.63, 3.8) is 0 Å². The zero-order valence-corrected chi connectivity index (χ0v) is 40.0. The number of hydrogen-bond acceptors (Lipinski definition) is 4. The van der Waals surface area contributed by atoms with E-state index < -0.39 is 0 Å². The number of fused-ring (bicyclic) bond motifs is 5. The fourth-order valence-electron chi connectivity index (χ4n) is 13.5. The molecule has 13 atom stereocenters. The van der Waals surface area contributed by atoms with E-state index in [-0.39, 0.29) is 17.6 Å². The van der Waals surface area contributed by atoms with Crippen LogP contribution in [-0.2, 0) is 4.74 Å². The lowest BCUT2D eigenvalue weighted by Gasteiger charge is -2.64. The topological polar surface area (TPSA) is 70.5 Å². The van der Waals surface area contributed by atoms with Gasteiger partial charge in [-0.05, 0) is 192 Å². The first-order chi connectivity index (χ1) is 26.5. The summed E-state index contributed by atoms with van der Waals surface area (Å²) in [6.45, 7) is 5.17. The van der Waals surface area contributed by atoms with Crippen LogP contribution < -0.4 is 16.2 Å². The minimum atomic E-state index is 0.134. The molecule has 4 fully saturated rings. The summed E-state index contributed by atoms with van der Waals surface area (Å²) < 4.78 is 15.3. The van der Waals surface area contributed by atoms with E-state index in [1.54, 1.807) is 5.57 Å². The molecule has 4 nitrogen and oxygen atoms in total. The second kappa shape index (κ2) is 17.3. The van der Waals surface area contributed by atoms with Crippen LogP contribution in [0.1, 0.15) is 136 Å². The van der Waals surface area contributed by atoms with E-state index in [0.29, 0.717) is 14.8 Å². The van der Waals surface area contributed by atoms with E-state index in [9.17, 15) is 0 Å². The van der Waals surface area contributed by atoms with Crippen molar-refractivity contribution in [1.29, 1.82) is 0 Å². The Morgan fingerprint density at radius 2 is 1.65 bits per heavy atom. The quantitative estimate of drug-likeness (QED) is 0.100. The van der Waals surface area contributed by atoms with Crippen LogP contribution >= 0.6 is 67.8 Å². The molecule has 0 spiro atoms. The number of ether oxygens (including phenoxy) is 2. The predicted molar refractivity (Wildman–Crippen MR) is 255 cm³/mol. The number of rotatable bonds is 11. The summed E-state index contributed by atoms with van der Waals surface area (Å²) in [6.07, 6.45) is 36.9. The van der Waals surface area contributed by atoms with Gasteiger partial charge in [-0.25, -0.2) is 0 Å². The molecule has 4 N–H and O–H groups in total. The van der Waals surface area contributed by atoms with Crippen LogP contribution in [0.3, 0.4) is 0 Å². The van der Waals surface area contributed by atoms with Gasteiger partial charge in [-0.1, -0.05) is 106 Å². The molecule has 0 radical (unpaired) electrons. The van der Waals surface area contributed by atoms with Crippen LogP contribution in [0.15, 0.2) is 71.7 Å². The zero-order chi connectivity index (χ0) is 38.4. The molecule has 302 valence electrons. The largest absolute Gasteiger partial charge is 0.494 e. The van der Waals surface area contributed by atoms with E-state index in [4.69, 9.17) is 20.9 Å². The van der Waals surface area contributed by atoms with Crippen LogP contribution in [0, 0.1) is 46.3 Å². The second-order valence-electron chi connectivity index (χ2n) is 19.3. The van der Waals surface area contributed by atoms with E-state index in [1.165, 1.54) is 89.9 Å². The molecule has 1 aromatic rings. The zero-order valence-electron chi connectivity index (χ0n) is 33.5. The fourth-order valence-corrected chi connectivity index (χ4v) is 17.9. The van der Waals surface area contributed by atoms with Crippen molar-refractivity contribution in [2.75, 3.05) is 5.73 Å². The smallest absolute Gasteiger partial charge is 0.120 e. The highest BCUT2D eigenvalue weighted by atomic mass is 127. The highest BCUT2D eigenvalue weighted by molar-refractivity contribution is 14.1. The highest BCUT2D eigenvalue weighted by Gasteiger charge is 2.63. The van der Waals surface area contributed by atoms with Gasteiger partial charge in [-0.15, -0.1) is 0 Å². The third-order valence-corrected chi connectivity index (χ3v) is 20.7. The number of nitrogen functional groups attached to an aromatic ring is 1. The molecular weight excluding hydrogens is 1020 g/mol. The number of benzene rings is 1. The Balaban J connectivity index is 0.999.